The summed E-state index contributed by atoms with van der Waals surface area (Å²) in [4.78, 5) is 18.7. The first-order valence-corrected chi connectivity index (χ1v) is 11.1. The molecule has 2 aromatic heterocycles. The first-order valence-electron chi connectivity index (χ1n) is 11.1. The van der Waals surface area contributed by atoms with E-state index >= 15 is 0 Å². The molecular weight excluding hydrogens is 392 g/mol. The van der Waals surface area contributed by atoms with E-state index in [-0.39, 0.29) is 17.1 Å². The van der Waals surface area contributed by atoms with Crippen LogP contribution in [0.15, 0.2) is 29.1 Å². The summed E-state index contributed by atoms with van der Waals surface area (Å²) in [6.07, 6.45) is 3.17. The number of aromatic nitrogens is 5. The van der Waals surface area contributed by atoms with Gasteiger partial charge in [-0.15, -0.1) is 5.10 Å². The molecule has 0 spiro atoms. The highest BCUT2D eigenvalue weighted by molar-refractivity contribution is 5.80. The first-order chi connectivity index (χ1) is 14.8. The minimum Gasteiger partial charge on any atom is -0.497 e. The lowest BCUT2D eigenvalue weighted by Crippen LogP contribution is -2.42. The summed E-state index contributed by atoms with van der Waals surface area (Å²) in [5.41, 5.74) is 1.06. The Kier molecular flexibility index (Phi) is 5.83. The van der Waals surface area contributed by atoms with E-state index in [9.17, 15) is 4.79 Å². The number of hydrogen-bond donors (Lipinski definition) is 1. The lowest BCUT2D eigenvalue weighted by molar-refractivity contribution is 0.135. The minimum absolute atomic E-state index is 0.118. The molecule has 0 aliphatic carbocycles. The Morgan fingerprint density at radius 1 is 1.32 bits per heavy atom. The number of rotatable bonds is 6. The molecule has 31 heavy (non-hydrogen) atoms. The van der Waals surface area contributed by atoms with Gasteiger partial charge < -0.3 is 9.72 Å². The van der Waals surface area contributed by atoms with E-state index in [1.54, 1.807) is 7.11 Å². The second-order valence-corrected chi connectivity index (χ2v) is 9.27. The standard InChI is InChI=1S/C23H32N6O2/c1-6-23(3,4)29-21(25-26-27-29)20(28-11-7-8-15(2)14-28)18-12-16-9-10-17(31-5)13-19(16)24-22(18)30/h9-10,12-13,15,20H,6-8,11,14H2,1-5H3,(H,24,30)/t15-,20-/m1/s1. The molecule has 4 rings (SSSR count). The van der Waals surface area contributed by atoms with Crippen molar-refractivity contribution in [2.45, 2.75) is 58.5 Å². The monoisotopic (exact) mass is 424 g/mol. The van der Waals surface area contributed by atoms with Crippen LogP contribution in [-0.2, 0) is 5.54 Å². The third-order valence-electron chi connectivity index (χ3n) is 6.61. The Balaban J connectivity index is 1.89. The largest absolute Gasteiger partial charge is 0.497 e. The number of nitrogens with zero attached hydrogens (tertiary/aromatic N) is 5. The van der Waals surface area contributed by atoms with Gasteiger partial charge in [-0.2, -0.15) is 0 Å². The number of H-pyrrole nitrogens is 1. The number of tetrazole rings is 1. The Labute approximate surface area is 182 Å². The molecule has 3 aromatic rings. The highest BCUT2D eigenvalue weighted by atomic mass is 16.5. The van der Waals surface area contributed by atoms with E-state index in [0.29, 0.717) is 17.2 Å². The van der Waals surface area contributed by atoms with Gasteiger partial charge in [0.15, 0.2) is 5.82 Å². The Bertz CT molecular complexity index is 1120. The van der Waals surface area contributed by atoms with Crippen molar-refractivity contribution in [1.82, 2.24) is 30.1 Å². The highest BCUT2D eigenvalue weighted by Gasteiger charge is 2.35. The average molecular weight is 425 g/mol. The van der Waals surface area contributed by atoms with E-state index in [0.717, 1.165) is 42.7 Å². The minimum atomic E-state index is -0.307. The van der Waals surface area contributed by atoms with Gasteiger partial charge in [0.1, 0.15) is 11.8 Å². The smallest absolute Gasteiger partial charge is 0.253 e. The SMILES string of the molecule is CCC(C)(C)n1nnnc1[C@@H](c1cc2ccc(OC)cc2[nH]c1=O)N1CCC[C@@H](C)C1. The number of methoxy groups -OCH3 is 1. The number of ether oxygens (including phenoxy) is 1. The number of likely N-dealkylation sites (tertiary alicyclic amines) is 1. The van der Waals surface area contributed by atoms with Crippen molar-refractivity contribution >= 4 is 10.9 Å². The zero-order chi connectivity index (χ0) is 22.2. The molecule has 1 aromatic carbocycles. The Hall–Kier alpha value is -2.74. The molecule has 0 unspecified atom stereocenters. The molecule has 0 bridgehead atoms. The van der Waals surface area contributed by atoms with Crippen LogP contribution < -0.4 is 10.3 Å². The maximum Gasteiger partial charge on any atom is 0.253 e. The van der Waals surface area contributed by atoms with E-state index in [1.807, 2.05) is 28.9 Å². The molecule has 8 nitrogen and oxygen atoms in total. The van der Waals surface area contributed by atoms with Crippen LogP contribution in [0.1, 0.15) is 64.4 Å². The number of aromatic amines is 1. The van der Waals surface area contributed by atoms with Gasteiger partial charge in [-0.25, -0.2) is 4.68 Å². The molecule has 2 atom stereocenters. The zero-order valence-corrected chi connectivity index (χ0v) is 19.1. The average Bonchev–Trinajstić information content (AvgIpc) is 3.24. The van der Waals surface area contributed by atoms with E-state index in [1.165, 1.54) is 6.42 Å². The normalized spacial score (nSPS) is 18.9. The Morgan fingerprint density at radius 3 is 2.84 bits per heavy atom. The predicted octanol–water partition coefficient (Wildman–Crippen LogP) is 3.49. The van der Waals surface area contributed by atoms with E-state index in [4.69, 9.17) is 4.74 Å². The summed E-state index contributed by atoms with van der Waals surface area (Å²) >= 11 is 0. The number of piperidine rings is 1. The van der Waals surface area contributed by atoms with Crippen LogP contribution in [-0.4, -0.2) is 50.3 Å². The fourth-order valence-electron chi connectivity index (χ4n) is 4.43. The van der Waals surface area contributed by atoms with Gasteiger partial charge >= 0.3 is 0 Å². The second kappa shape index (κ2) is 8.42. The quantitative estimate of drug-likeness (QED) is 0.652. The molecule has 1 N–H and O–H groups in total. The van der Waals surface area contributed by atoms with Crippen molar-refractivity contribution in [3.05, 3.63) is 46.0 Å². The maximum absolute atomic E-state index is 13.3. The fraction of sp³-hybridized carbons (Fsp3) is 0.565. The topological polar surface area (TPSA) is 88.9 Å². The van der Waals surface area contributed by atoms with Crippen LogP contribution in [0.2, 0.25) is 0 Å². The molecule has 1 aliphatic rings. The van der Waals surface area contributed by atoms with Crippen LogP contribution in [0.4, 0.5) is 0 Å². The molecule has 8 heteroatoms. The first kappa shape index (κ1) is 21.5. The summed E-state index contributed by atoms with van der Waals surface area (Å²) < 4.78 is 7.21. The van der Waals surface area contributed by atoms with Gasteiger partial charge in [0, 0.05) is 18.2 Å². The van der Waals surface area contributed by atoms with Crippen molar-refractivity contribution < 1.29 is 4.74 Å². The number of fused-ring (bicyclic) bond motifs is 1. The van der Waals surface area contributed by atoms with Crippen molar-refractivity contribution in [3.8, 4) is 5.75 Å². The predicted molar refractivity (Wildman–Crippen MR) is 120 cm³/mol. The molecule has 0 saturated carbocycles. The molecule has 1 aliphatic heterocycles. The lowest BCUT2D eigenvalue weighted by Gasteiger charge is -2.37. The Morgan fingerprint density at radius 2 is 2.13 bits per heavy atom. The van der Waals surface area contributed by atoms with Crippen molar-refractivity contribution in [3.63, 3.8) is 0 Å². The van der Waals surface area contributed by atoms with Crippen LogP contribution in [0, 0.1) is 5.92 Å². The number of benzene rings is 1. The van der Waals surface area contributed by atoms with E-state index < -0.39 is 0 Å². The summed E-state index contributed by atoms with van der Waals surface area (Å²) in [6.45, 7) is 10.5. The molecule has 1 saturated heterocycles. The summed E-state index contributed by atoms with van der Waals surface area (Å²) in [7, 11) is 1.62. The van der Waals surface area contributed by atoms with Gasteiger partial charge in [-0.05, 0) is 79.6 Å². The van der Waals surface area contributed by atoms with Gasteiger partial charge in [0.2, 0.25) is 0 Å². The van der Waals surface area contributed by atoms with Crippen LogP contribution >= 0.6 is 0 Å². The van der Waals surface area contributed by atoms with Crippen molar-refractivity contribution in [2.75, 3.05) is 20.2 Å². The molecule has 0 amide bonds. The lowest BCUT2D eigenvalue weighted by atomic mass is 9.94. The molecular formula is C23H32N6O2. The summed E-state index contributed by atoms with van der Waals surface area (Å²) in [5.74, 6) is 1.99. The van der Waals surface area contributed by atoms with Crippen LogP contribution in [0.25, 0.3) is 10.9 Å². The maximum atomic E-state index is 13.3. The van der Waals surface area contributed by atoms with Gasteiger partial charge in [-0.3, -0.25) is 9.69 Å². The molecule has 3 heterocycles. The number of pyridine rings is 1. The highest BCUT2D eigenvalue weighted by Crippen LogP contribution is 2.33. The third-order valence-corrected chi connectivity index (χ3v) is 6.61. The zero-order valence-electron chi connectivity index (χ0n) is 19.1. The number of hydrogen-bond acceptors (Lipinski definition) is 6. The van der Waals surface area contributed by atoms with E-state index in [2.05, 4.69) is 53.1 Å². The molecule has 166 valence electrons. The molecule has 0 radical (unpaired) electrons. The van der Waals surface area contributed by atoms with Gasteiger partial charge in [0.25, 0.3) is 5.56 Å². The summed E-state index contributed by atoms with van der Waals surface area (Å²) in [6, 6.07) is 7.41. The van der Waals surface area contributed by atoms with Crippen LogP contribution in [0.5, 0.6) is 5.75 Å². The number of nitrogens with one attached hydrogen (secondary N) is 1. The summed E-state index contributed by atoms with van der Waals surface area (Å²) in [5, 5.41) is 13.8. The van der Waals surface area contributed by atoms with Crippen molar-refractivity contribution in [1.29, 1.82) is 0 Å². The van der Waals surface area contributed by atoms with Crippen LogP contribution in [0.3, 0.4) is 0 Å². The van der Waals surface area contributed by atoms with Gasteiger partial charge in [-0.1, -0.05) is 13.8 Å². The fourth-order valence-corrected chi connectivity index (χ4v) is 4.43. The molecule has 1 fully saturated rings. The van der Waals surface area contributed by atoms with Gasteiger partial charge in [0.05, 0.1) is 18.2 Å². The van der Waals surface area contributed by atoms with Crippen molar-refractivity contribution in [2.24, 2.45) is 5.92 Å². The second-order valence-electron chi connectivity index (χ2n) is 9.27. The third kappa shape index (κ3) is 4.08.